The third kappa shape index (κ3) is 3.30. The van der Waals surface area contributed by atoms with Crippen molar-refractivity contribution >= 4 is 85.5 Å². The molecule has 0 aliphatic rings. The highest BCUT2D eigenvalue weighted by molar-refractivity contribution is 7.26. The maximum atomic E-state index is 6.32. The standard InChI is InChI=1S/C32H17ClN2S2/c33-21-14-15-23-27(17-21)36-26-11-5-9-24(28(23)26)31-34-30(20-13-12-18-6-1-2-7-19(18)16-20)29-22-8-3-4-10-25(22)37-32(29)35-31/h1-17H. The van der Waals surface area contributed by atoms with Crippen LogP contribution in [0.1, 0.15) is 0 Å². The number of hydrogen-bond acceptors (Lipinski definition) is 4. The van der Waals surface area contributed by atoms with E-state index in [-0.39, 0.29) is 0 Å². The summed E-state index contributed by atoms with van der Waals surface area (Å²) in [6.07, 6.45) is 0. The summed E-state index contributed by atoms with van der Waals surface area (Å²) in [6.45, 7) is 0. The zero-order valence-corrected chi connectivity index (χ0v) is 21.8. The topological polar surface area (TPSA) is 25.8 Å². The molecular weight excluding hydrogens is 512 g/mol. The molecule has 0 atom stereocenters. The first-order valence-electron chi connectivity index (χ1n) is 12.0. The van der Waals surface area contributed by atoms with Gasteiger partial charge in [0.05, 0.1) is 5.69 Å². The third-order valence-electron chi connectivity index (χ3n) is 6.96. The van der Waals surface area contributed by atoms with E-state index in [1.165, 1.54) is 41.0 Å². The Kier molecular flexibility index (Phi) is 4.65. The molecule has 174 valence electrons. The molecule has 0 bridgehead atoms. The first-order valence-corrected chi connectivity index (χ1v) is 14.0. The molecule has 0 radical (unpaired) electrons. The van der Waals surface area contributed by atoms with Crippen LogP contribution in [0, 0.1) is 0 Å². The van der Waals surface area contributed by atoms with Crippen molar-refractivity contribution < 1.29 is 0 Å². The van der Waals surface area contributed by atoms with Gasteiger partial charge in [0.15, 0.2) is 5.82 Å². The second-order valence-electron chi connectivity index (χ2n) is 9.16. The van der Waals surface area contributed by atoms with Gasteiger partial charge in [0.25, 0.3) is 0 Å². The van der Waals surface area contributed by atoms with Crippen LogP contribution in [-0.4, -0.2) is 9.97 Å². The lowest BCUT2D eigenvalue weighted by Crippen LogP contribution is -1.94. The van der Waals surface area contributed by atoms with E-state index in [9.17, 15) is 0 Å². The van der Waals surface area contributed by atoms with Gasteiger partial charge in [0, 0.05) is 51.8 Å². The summed E-state index contributed by atoms with van der Waals surface area (Å²) in [5, 5.41) is 7.87. The summed E-state index contributed by atoms with van der Waals surface area (Å²) in [7, 11) is 0. The van der Waals surface area contributed by atoms with Crippen LogP contribution >= 0.6 is 34.3 Å². The van der Waals surface area contributed by atoms with E-state index in [0.29, 0.717) is 0 Å². The molecule has 8 rings (SSSR count). The second kappa shape index (κ2) is 8.09. The Bertz CT molecular complexity index is 2170. The Hall–Kier alpha value is -3.83. The molecule has 0 N–H and O–H groups in total. The summed E-state index contributed by atoms with van der Waals surface area (Å²) < 4.78 is 3.61. The van der Waals surface area contributed by atoms with Gasteiger partial charge >= 0.3 is 0 Å². The molecule has 5 aromatic carbocycles. The minimum Gasteiger partial charge on any atom is -0.227 e. The van der Waals surface area contributed by atoms with Crippen molar-refractivity contribution in [2.45, 2.75) is 0 Å². The molecule has 3 aromatic heterocycles. The van der Waals surface area contributed by atoms with Crippen molar-refractivity contribution in [3.05, 3.63) is 108 Å². The molecular formula is C32H17ClN2S2. The molecule has 0 unspecified atom stereocenters. The van der Waals surface area contributed by atoms with E-state index >= 15 is 0 Å². The summed E-state index contributed by atoms with van der Waals surface area (Å²) in [4.78, 5) is 11.5. The first kappa shape index (κ1) is 21.3. The SMILES string of the molecule is Clc1ccc2c(c1)sc1cccc(-c3nc(-c4ccc5ccccc5c4)c4c(n3)sc3ccccc34)c12. The van der Waals surface area contributed by atoms with E-state index in [1.54, 1.807) is 22.7 Å². The minimum absolute atomic E-state index is 0.752. The molecule has 2 nitrogen and oxygen atoms in total. The maximum Gasteiger partial charge on any atom is 0.162 e. The van der Waals surface area contributed by atoms with Crippen LogP contribution in [0.25, 0.3) is 73.9 Å². The number of halogens is 1. The minimum atomic E-state index is 0.752. The molecule has 0 spiro atoms. The van der Waals surface area contributed by atoms with Crippen LogP contribution in [0.5, 0.6) is 0 Å². The van der Waals surface area contributed by atoms with Crippen LogP contribution < -0.4 is 0 Å². The van der Waals surface area contributed by atoms with E-state index in [1.807, 2.05) is 12.1 Å². The molecule has 0 amide bonds. The predicted octanol–water partition coefficient (Wildman–Crippen LogP) is 10.4. The zero-order valence-electron chi connectivity index (χ0n) is 19.4. The van der Waals surface area contributed by atoms with Crippen LogP contribution in [0.2, 0.25) is 5.02 Å². The number of nitrogens with zero attached hydrogens (tertiary/aromatic N) is 2. The fourth-order valence-corrected chi connectivity index (χ4v) is 7.76. The highest BCUT2D eigenvalue weighted by Crippen LogP contribution is 2.43. The van der Waals surface area contributed by atoms with Crippen molar-refractivity contribution in [2.75, 3.05) is 0 Å². The number of aromatic nitrogens is 2. The van der Waals surface area contributed by atoms with E-state index < -0.39 is 0 Å². The fraction of sp³-hybridized carbons (Fsp3) is 0. The zero-order chi connectivity index (χ0) is 24.5. The van der Waals surface area contributed by atoms with Gasteiger partial charge in [-0.2, -0.15) is 0 Å². The number of benzene rings is 5. The van der Waals surface area contributed by atoms with Crippen molar-refractivity contribution in [3.8, 4) is 22.6 Å². The van der Waals surface area contributed by atoms with E-state index in [0.717, 1.165) is 37.9 Å². The third-order valence-corrected chi connectivity index (χ3v) is 9.38. The van der Waals surface area contributed by atoms with Gasteiger partial charge in [-0.25, -0.2) is 9.97 Å². The van der Waals surface area contributed by atoms with Gasteiger partial charge in [-0.3, -0.25) is 0 Å². The summed E-state index contributed by atoms with van der Waals surface area (Å²) >= 11 is 9.81. The molecule has 0 aliphatic heterocycles. The average Bonchev–Trinajstić information content (AvgIpc) is 3.49. The van der Waals surface area contributed by atoms with Crippen molar-refractivity contribution in [3.63, 3.8) is 0 Å². The molecule has 5 heteroatoms. The van der Waals surface area contributed by atoms with Gasteiger partial charge in [-0.15, -0.1) is 22.7 Å². The largest absolute Gasteiger partial charge is 0.227 e. The first-order chi connectivity index (χ1) is 18.2. The summed E-state index contributed by atoms with van der Waals surface area (Å²) in [5.74, 6) is 0.752. The molecule has 8 aromatic rings. The van der Waals surface area contributed by atoms with E-state index in [2.05, 4.69) is 91.0 Å². The van der Waals surface area contributed by atoms with Gasteiger partial charge in [0.1, 0.15) is 4.83 Å². The molecule has 0 saturated heterocycles. The quantitative estimate of drug-likeness (QED) is 0.223. The van der Waals surface area contributed by atoms with Crippen molar-refractivity contribution in [1.29, 1.82) is 0 Å². The van der Waals surface area contributed by atoms with Crippen molar-refractivity contribution in [2.24, 2.45) is 0 Å². The Balaban J connectivity index is 1.48. The number of hydrogen-bond donors (Lipinski definition) is 0. The average molecular weight is 529 g/mol. The summed E-state index contributed by atoms with van der Waals surface area (Å²) in [6, 6.07) is 36.1. The van der Waals surface area contributed by atoms with Gasteiger partial charge < -0.3 is 0 Å². The van der Waals surface area contributed by atoms with Crippen LogP contribution in [0.15, 0.2) is 103 Å². The predicted molar refractivity (Wildman–Crippen MR) is 161 cm³/mol. The molecule has 37 heavy (non-hydrogen) atoms. The monoisotopic (exact) mass is 528 g/mol. The maximum absolute atomic E-state index is 6.32. The van der Waals surface area contributed by atoms with Crippen molar-refractivity contribution in [1.82, 2.24) is 9.97 Å². The Morgan fingerprint density at radius 1 is 0.568 bits per heavy atom. The Labute approximate surface area is 225 Å². The molecule has 0 aliphatic carbocycles. The Morgan fingerprint density at radius 3 is 2.32 bits per heavy atom. The van der Waals surface area contributed by atoms with Gasteiger partial charge in [0.2, 0.25) is 0 Å². The highest BCUT2D eigenvalue weighted by Gasteiger charge is 2.19. The lowest BCUT2D eigenvalue weighted by molar-refractivity contribution is 1.25. The summed E-state index contributed by atoms with van der Waals surface area (Å²) in [5.41, 5.74) is 3.13. The molecule has 0 fully saturated rings. The van der Waals surface area contributed by atoms with Crippen LogP contribution in [0.4, 0.5) is 0 Å². The lowest BCUT2D eigenvalue weighted by Gasteiger charge is -2.10. The van der Waals surface area contributed by atoms with Crippen LogP contribution in [0.3, 0.4) is 0 Å². The number of thiophene rings is 2. The molecule has 0 saturated carbocycles. The second-order valence-corrected chi connectivity index (χ2v) is 11.7. The normalized spacial score (nSPS) is 11.9. The Morgan fingerprint density at radius 2 is 1.38 bits per heavy atom. The number of rotatable bonds is 2. The smallest absolute Gasteiger partial charge is 0.162 e. The van der Waals surface area contributed by atoms with Crippen LogP contribution in [-0.2, 0) is 0 Å². The van der Waals surface area contributed by atoms with Gasteiger partial charge in [-0.05, 0) is 41.1 Å². The lowest BCUT2D eigenvalue weighted by atomic mass is 10.0. The fourth-order valence-electron chi connectivity index (χ4n) is 5.28. The molecule has 3 heterocycles. The number of fused-ring (bicyclic) bond motifs is 7. The van der Waals surface area contributed by atoms with Gasteiger partial charge in [-0.1, -0.05) is 84.4 Å². The van der Waals surface area contributed by atoms with E-state index in [4.69, 9.17) is 21.6 Å². The highest BCUT2D eigenvalue weighted by atomic mass is 35.5.